The summed E-state index contributed by atoms with van der Waals surface area (Å²) in [6, 6.07) is 20.2. The largest absolute Gasteiger partial charge is 0.493 e. The van der Waals surface area contributed by atoms with Gasteiger partial charge >= 0.3 is 0 Å². The Morgan fingerprint density at radius 1 is 1.04 bits per heavy atom. The fraction of sp³-hybridized carbons (Fsp3) is 0.0909. The molecule has 0 saturated heterocycles. The Labute approximate surface area is 162 Å². The lowest BCUT2D eigenvalue weighted by Crippen LogP contribution is -2.11. The number of pyridine rings is 1. The zero-order chi connectivity index (χ0) is 19.3. The first kappa shape index (κ1) is 17.6. The summed E-state index contributed by atoms with van der Waals surface area (Å²) in [6.07, 6.45) is 3.86. The van der Waals surface area contributed by atoms with Crippen LogP contribution in [-0.4, -0.2) is 22.4 Å². The van der Waals surface area contributed by atoms with E-state index in [4.69, 9.17) is 9.47 Å². The van der Waals surface area contributed by atoms with Crippen LogP contribution >= 0.6 is 0 Å². The number of hydrogen-bond acceptors (Lipinski definition) is 4. The number of ether oxygens (including phenoxy) is 2. The van der Waals surface area contributed by atoms with E-state index in [0.29, 0.717) is 22.7 Å². The van der Waals surface area contributed by atoms with Crippen molar-refractivity contribution < 1.29 is 14.3 Å². The first-order chi connectivity index (χ1) is 13.7. The summed E-state index contributed by atoms with van der Waals surface area (Å²) < 4.78 is 13.2. The summed E-state index contributed by atoms with van der Waals surface area (Å²) in [5, 5.41) is 2.88. The van der Waals surface area contributed by atoms with Gasteiger partial charge in [0.05, 0.1) is 12.8 Å². The Balaban J connectivity index is 1.50. The van der Waals surface area contributed by atoms with Crippen molar-refractivity contribution in [2.24, 2.45) is 0 Å². The Morgan fingerprint density at radius 3 is 2.64 bits per heavy atom. The molecule has 6 heteroatoms. The Kier molecular flexibility index (Phi) is 4.93. The predicted molar refractivity (Wildman–Crippen MR) is 107 cm³/mol. The van der Waals surface area contributed by atoms with Gasteiger partial charge in [-0.3, -0.25) is 4.79 Å². The van der Waals surface area contributed by atoms with E-state index in [1.807, 2.05) is 53.2 Å². The number of methoxy groups -OCH3 is 1. The maximum absolute atomic E-state index is 12.4. The molecule has 28 heavy (non-hydrogen) atoms. The first-order valence-electron chi connectivity index (χ1n) is 8.83. The van der Waals surface area contributed by atoms with E-state index in [2.05, 4.69) is 10.3 Å². The molecule has 0 radical (unpaired) electrons. The summed E-state index contributed by atoms with van der Waals surface area (Å²) >= 11 is 0. The van der Waals surface area contributed by atoms with E-state index in [-0.39, 0.29) is 12.5 Å². The molecule has 0 aliphatic heterocycles. The van der Waals surface area contributed by atoms with Crippen molar-refractivity contribution in [3.8, 4) is 11.5 Å². The molecule has 4 aromatic rings. The number of aromatic nitrogens is 2. The molecule has 1 amide bonds. The van der Waals surface area contributed by atoms with Crippen LogP contribution in [0.3, 0.4) is 0 Å². The van der Waals surface area contributed by atoms with Gasteiger partial charge in [0.15, 0.2) is 11.5 Å². The smallest absolute Gasteiger partial charge is 0.255 e. The number of nitrogens with one attached hydrogen (secondary N) is 1. The van der Waals surface area contributed by atoms with Crippen molar-refractivity contribution in [3.05, 3.63) is 90.4 Å². The minimum absolute atomic E-state index is 0.183. The molecule has 1 N–H and O–H groups in total. The molecule has 0 spiro atoms. The highest BCUT2D eigenvalue weighted by molar-refractivity contribution is 6.04. The number of amides is 1. The van der Waals surface area contributed by atoms with Gasteiger partial charge in [0.25, 0.3) is 5.91 Å². The Bertz CT molecular complexity index is 1070. The highest BCUT2D eigenvalue weighted by Gasteiger charge is 2.11. The quantitative estimate of drug-likeness (QED) is 0.551. The fourth-order valence-corrected chi connectivity index (χ4v) is 2.87. The maximum Gasteiger partial charge on any atom is 0.255 e. The van der Waals surface area contributed by atoms with Crippen LogP contribution in [0.25, 0.3) is 5.65 Å². The van der Waals surface area contributed by atoms with Gasteiger partial charge in [0.2, 0.25) is 0 Å². The number of fused-ring (bicyclic) bond motifs is 1. The molecule has 2 aromatic heterocycles. The van der Waals surface area contributed by atoms with Gasteiger partial charge in [-0.1, -0.05) is 24.3 Å². The molecule has 0 aliphatic carbocycles. The number of rotatable bonds is 6. The van der Waals surface area contributed by atoms with Crippen molar-refractivity contribution in [1.82, 2.24) is 9.38 Å². The lowest BCUT2D eigenvalue weighted by atomic mass is 10.2. The molecule has 4 rings (SSSR count). The molecule has 0 saturated carbocycles. The Hall–Kier alpha value is -3.80. The lowest BCUT2D eigenvalue weighted by molar-refractivity contribution is 0.102. The van der Waals surface area contributed by atoms with E-state index in [1.54, 1.807) is 37.4 Å². The number of hydrogen-bond donors (Lipinski definition) is 1. The van der Waals surface area contributed by atoms with Crippen LogP contribution in [0, 0.1) is 0 Å². The van der Waals surface area contributed by atoms with Crippen LogP contribution in [-0.2, 0) is 6.61 Å². The van der Waals surface area contributed by atoms with E-state index in [9.17, 15) is 4.79 Å². The first-order valence-corrected chi connectivity index (χ1v) is 8.83. The van der Waals surface area contributed by atoms with E-state index in [0.717, 1.165) is 11.3 Å². The van der Waals surface area contributed by atoms with Crippen molar-refractivity contribution >= 4 is 17.2 Å². The van der Waals surface area contributed by atoms with Crippen LogP contribution < -0.4 is 14.8 Å². The highest BCUT2D eigenvalue weighted by atomic mass is 16.5. The standard InChI is InChI=1S/C22H19N3O3/c1-27-19-11-10-17(24-22(26)16-7-3-2-4-8-16)13-20(19)28-15-18-14-25-12-6-5-9-21(25)23-18/h2-14H,15H2,1H3,(H,24,26). The third-order valence-corrected chi connectivity index (χ3v) is 4.25. The molecular weight excluding hydrogens is 354 g/mol. The van der Waals surface area contributed by atoms with E-state index in [1.165, 1.54) is 0 Å². The van der Waals surface area contributed by atoms with Gasteiger partial charge in [-0.25, -0.2) is 4.98 Å². The van der Waals surface area contributed by atoms with Gasteiger partial charge in [0.1, 0.15) is 12.3 Å². The normalized spacial score (nSPS) is 10.6. The Morgan fingerprint density at radius 2 is 1.86 bits per heavy atom. The number of carbonyl (C=O) groups is 1. The van der Waals surface area contributed by atoms with Crippen molar-refractivity contribution in [2.75, 3.05) is 12.4 Å². The summed E-state index contributed by atoms with van der Waals surface area (Å²) in [6.45, 7) is 0.286. The van der Waals surface area contributed by atoms with Crippen LogP contribution in [0.2, 0.25) is 0 Å². The zero-order valence-corrected chi connectivity index (χ0v) is 15.3. The number of carbonyl (C=O) groups excluding carboxylic acids is 1. The monoisotopic (exact) mass is 373 g/mol. The topological polar surface area (TPSA) is 64.9 Å². The van der Waals surface area contributed by atoms with Crippen LogP contribution in [0.5, 0.6) is 11.5 Å². The minimum atomic E-state index is -0.183. The molecule has 0 aliphatic rings. The van der Waals surface area contributed by atoms with E-state index < -0.39 is 0 Å². The van der Waals surface area contributed by atoms with Crippen LogP contribution in [0.1, 0.15) is 16.1 Å². The predicted octanol–water partition coefficient (Wildman–Crippen LogP) is 4.17. The van der Waals surface area contributed by atoms with Gasteiger partial charge in [0, 0.05) is 29.7 Å². The number of imidazole rings is 1. The summed E-state index contributed by atoms with van der Waals surface area (Å²) in [5.74, 6) is 0.934. The zero-order valence-electron chi connectivity index (χ0n) is 15.3. The van der Waals surface area contributed by atoms with Gasteiger partial charge in [-0.15, -0.1) is 0 Å². The molecule has 0 unspecified atom stereocenters. The average Bonchev–Trinajstić information content (AvgIpc) is 3.16. The van der Waals surface area contributed by atoms with Crippen LogP contribution in [0.15, 0.2) is 79.1 Å². The third-order valence-electron chi connectivity index (χ3n) is 4.25. The average molecular weight is 373 g/mol. The molecule has 2 heterocycles. The molecule has 6 nitrogen and oxygen atoms in total. The second-order valence-corrected chi connectivity index (χ2v) is 6.17. The maximum atomic E-state index is 12.4. The minimum Gasteiger partial charge on any atom is -0.493 e. The summed E-state index contributed by atoms with van der Waals surface area (Å²) in [7, 11) is 1.58. The SMILES string of the molecule is COc1ccc(NC(=O)c2ccccc2)cc1OCc1cn2ccccc2n1. The van der Waals surface area contributed by atoms with Crippen molar-refractivity contribution in [2.45, 2.75) is 6.61 Å². The number of anilines is 1. The molecule has 140 valence electrons. The van der Waals surface area contributed by atoms with Crippen molar-refractivity contribution in [3.63, 3.8) is 0 Å². The number of nitrogens with zero attached hydrogens (tertiary/aromatic N) is 2. The third kappa shape index (κ3) is 3.81. The molecule has 2 aromatic carbocycles. The van der Waals surface area contributed by atoms with Crippen LogP contribution in [0.4, 0.5) is 5.69 Å². The van der Waals surface area contributed by atoms with Gasteiger partial charge in [-0.2, -0.15) is 0 Å². The van der Waals surface area contributed by atoms with Gasteiger partial charge in [-0.05, 0) is 36.4 Å². The van der Waals surface area contributed by atoms with Gasteiger partial charge < -0.3 is 19.2 Å². The fourth-order valence-electron chi connectivity index (χ4n) is 2.87. The van der Waals surface area contributed by atoms with E-state index >= 15 is 0 Å². The highest BCUT2D eigenvalue weighted by Crippen LogP contribution is 2.31. The summed E-state index contributed by atoms with van der Waals surface area (Å²) in [4.78, 5) is 16.9. The second kappa shape index (κ2) is 7.84. The molecule has 0 bridgehead atoms. The number of benzene rings is 2. The second-order valence-electron chi connectivity index (χ2n) is 6.17. The molecular formula is C22H19N3O3. The summed E-state index contributed by atoms with van der Waals surface area (Å²) in [5.41, 5.74) is 2.87. The molecule has 0 atom stereocenters. The van der Waals surface area contributed by atoms with Crippen molar-refractivity contribution in [1.29, 1.82) is 0 Å². The molecule has 0 fully saturated rings. The lowest BCUT2D eigenvalue weighted by Gasteiger charge is -2.12.